The molecule has 6 nitrogen and oxygen atoms in total. The molecular formula is C13H15F2N3O3. The average Bonchev–Trinajstić information content (AvgIpc) is 2.41. The predicted octanol–water partition coefficient (Wildman–Crippen LogP) is 1.87. The second-order valence-corrected chi connectivity index (χ2v) is 5.10. The first-order valence-electron chi connectivity index (χ1n) is 6.59. The number of carbonyl (C=O) groups is 1. The van der Waals surface area contributed by atoms with Gasteiger partial charge in [0.1, 0.15) is 11.4 Å². The van der Waals surface area contributed by atoms with Crippen LogP contribution in [0.25, 0.3) is 0 Å². The second-order valence-electron chi connectivity index (χ2n) is 5.10. The SMILES string of the molecule is NC1CCC(NC(=O)c2c(F)ccc([N+](=O)[O-])c2F)CC1. The van der Waals surface area contributed by atoms with E-state index in [-0.39, 0.29) is 12.1 Å². The maximum Gasteiger partial charge on any atom is 0.305 e. The van der Waals surface area contributed by atoms with Crippen LogP contribution in [0.4, 0.5) is 14.5 Å². The first kappa shape index (κ1) is 15.3. The number of amides is 1. The lowest BCUT2D eigenvalue weighted by molar-refractivity contribution is -0.387. The monoisotopic (exact) mass is 299 g/mol. The molecule has 1 aromatic carbocycles. The van der Waals surface area contributed by atoms with Gasteiger partial charge in [0.2, 0.25) is 5.82 Å². The third-order valence-corrected chi connectivity index (χ3v) is 3.60. The van der Waals surface area contributed by atoms with Gasteiger partial charge in [-0.05, 0) is 31.7 Å². The van der Waals surface area contributed by atoms with Crippen LogP contribution < -0.4 is 11.1 Å². The smallest absolute Gasteiger partial charge is 0.305 e. The van der Waals surface area contributed by atoms with E-state index in [4.69, 9.17) is 5.73 Å². The second kappa shape index (κ2) is 6.13. The Hall–Kier alpha value is -2.09. The summed E-state index contributed by atoms with van der Waals surface area (Å²) in [5, 5.41) is 13.1. The lowest BCUT2D eigenvalue weighted by atomic mass is 9.91. The zero-order chi connectivity index (χ0) is 15.6. The molecule has 0 aliphatic heterocycles. The summed E-state index contributed by atoms with van der Waals surface area (Å²) in [7, 11) is 0. The zero-order valence-corrected chi connectivity index (χ0v) is 11.1. The van der Waals surface area contributed by atoms with Crippen molar-refractivity contribution in [3.63, 3.8) is 0 Å². The molecular weight excluding hydrogens is 284 g/mol. The summed E-state index contributed by atoms with van der Waals surface area (Å²) in [6.45, 7) is 0. The van der Waals surface area contributed by atoms with Crippen molar-refractivity contribution in [2.24, 2.45) is 5.73 Å². The van der Waals surface area contributed by atoms with E-state index < -0.39 is 33.7 Å². The molecule has 0 saturated heterocycles. The number of nitrogens with one attached hydrogen (secondary N) is 1. The van der Waals surface area contributed by atoms with Crippen molar-refractivity contribution in [3.05, 3.63) is 39.4 Å². The minimum Gasteiger partial charge on any atom is -0.349 e. The Labute approximate surface area is 119 Å². The minimum atomic E-state index is -1.45. The van der Waals surface area contributed by atoms with E-state index in [1.807, 2.05) is 0 Å². The Kier molecular flexibility index (Phi) is 4.46. The third kappa shape index (κ3) is 3.33. The number of rotatable bonds is 3. The van der Waals surface area contributed by atoms with Gasteiger partial charge in [-0.1, -0.05) is 0 Å². The highest BCUT2D eigenvalue weighted by Gasteiger charge is 2.28. The van der Waals surface area contributed by atoms with E-state index in [1.54, 1.807) is 0 Å². The molecule has 0 bridgehead atoms. The van der Waals surface area contributed by atoms with Crippen LogP contribution in [0, 0.1) is 21.7 Å². The van der Waals surface area contributed by atoms with Crippen LogP contribution in [0.15, 0.2) is 12.1 Å². The number of halogens is 2. The molecule has 1 amide bonds. The van der Waals surface area contributed by atoms with Crippen molar-refractivity contribution in [1.29, 1.82) is 0 Å². The topological polar surface area (TPSA) is 98.3 Å². The molecule has 0 aromatic heterocycles. The van der Waals surface area contributed by atoms with Gasteiger partial charge >= 0.3 is 5.69 Å². The van der Waals surface area contributed by atoms with E-state index in [0.29, 0.717) is 37.8 Å². The maximum atomic E-state index is 13.9. The molecule has 1 aromatic rings. The lowest BCUT2D eigenvalue weighted by Crippen LogP contribution is -2.41. The molecule has 0 unspecified atom stereocenters. The van der Waals surface area contributed by atoms with Crippen molar-refractivity contribution < 1.29 is 18.5 Å². The van der Waals surface area contributed by atoms with Crippen LogP contribution >= 0.6 is 0 Å². The highest BCUT2D eigenvalue weighted by Crippen LogP contribution is 2.24. The van der Waals surface area contributed by atoms with Gasteiger partial charge in [-0.3, -0.25) is 14.9 Å². The summed E-state index contributed by atoms with van der Waals surface area (Å²) in [6, 6.07) is 1.26. The van der Waals surface area contributed by atoms with Gasteiger partial charge in [0.15, 0.2) is 0 Å². The fourth-order valence-corrected chi connectivity index (χ4v) is 2.41. The standard InChI is InChI=1S/C13H15F2N3O3/c14-9-5-6-10(18(20)21)12(15)11(9)13(19)17-8-3-1-7(16)2-4-8/h5-8H,1-4,16H2,(H,17,19). The van der Waals surface area contributed by atoms with E-state index in [9.17, 15) is 23.7 Å². The molecule has 21 heavy (non-hydrogen) atoms. The van der Waals surface area contributed by atoms with Crippen molar-refractivity contribution >= 4 is 11.6 Å². The molecule has 0 atom stereocenters. The van der Waals surface area contributed by atoms with Crippen LogP contribution in [0.3, 0.4) is 0 Å². The summed E-state index contributed by atoms with van der Waals surface area (Å²) >= 11 is 0. The summed E-state index contributed by atoms with van der Waals surface area (Å²) in [5.41, 5.74) is 3.89. The molecule has 0 heterocycles. The third-order valence-electron chi connectivity index (χ3n) is 3.60. The predicted molar refractivity (Wildman–Crippen MR) is 70.7 cm³/mol. The average molecular weight is 299 g/mol. The fraction of sp³-hybridized carbons (Fsp3) is 0.462. The fourth-order valence-electron chi connectivity index (χ4n) is 2.41. The number of carbonyl (C=O) groups excluding carboxylic acids is 1. The quantitative estimate of drug-likeness (QED) is 0.657. The normalized spacial score (nSPS) is 21.9. The van der Waals surface area contributed by atoms with Crippen molar-refractivity contribution in [2.75, 3.05) is 0 Å². The Morgan fingerprint density at radius 3 is 2.48 bits per heavy atom. The van der Waals surface area contributed by atoms with Gasteiger partial charge < -0.3 is 11.1 Å². The molecule has 114 valence electrons. The summed E-state index contributed by atoms with van der Waals surface area (Å²) in [5.74, 6) is -3.55. The molecule has 0 radical (unpaired) electrons. The van der Waals surface area contributed by atoms with Gasteiger partial charge in [0.05, 0.1) is 4.92 Å². The van der Waals surface area contributed by atoms with Crippen molar-refractivity contribution in [2.45, 2.75) is 37.8 Å². The van der Waals surface area contributed by atoms with E-state index >= 15 is 0 Å². The highest BCUT2D eigenvalue weighted by atomic mass is 19.1. The van der Waals surface area contributed by atoms with E-state index in [1.165, 1.54) is 0 Å². The van der Waals surface area contributed by atoms with Gasteiger partial charge in [0.25, 0.3) is 5.91 Å². The molecule has 1 aliphatic carbocycles. The largest absolute Gasteiger partial charge is 0.349 e. The van der Waals surface area contributed by atoms with Crippen LogP contribution in [-0.4, -0.2) is 22.9 Å². The first-order chi connectivity index (χ1) is 9.90. The van der Waals surface area contributed by atoms with E-state index in [0.717, 1.165) is 0 Å². The number of nitro groups is 1. The van der Waals surface area contributed by atoms with Crippen molar-refractivity contribution in [3.8, 4) is 0 Å². The molecule has 1 saturated carbocycles. The Balaban J connectivity index is 2.19. The van der Waals surface area contributed by atoms with Gasteiger partial charge in [0, 0.05) is 18.2 Å². The first-order valence-corrected chi connectivity index (χ1v) is 6.59. The van der Waals surface area contributed by atoms with Gasteiger partial charge in [-0.15, -0.1) is 0 Å². The van der Waals surface area contributed by atoms with Crippen LogP contribution in [-0.2, 0) is 0 Å². The minimum absolute atomic E-state index is 0.0736. The number of hydrogen-bond acceptors (Lipinski definition) is 4. The Bertz CT molecular complexity index is 572. The van der Waals surface area contributed by atoms with Crippen molar-refractivity contribution in [1.82, 2.24) is 5.32 Å². The summed E-state index contributed by atoms with van der Waals surface area (Å²) < 4.78 is 27.5. The molecule has 1 aliphatic rings. The van der Waals surface area contributed by atoms with Crippen LogP contribution in [0.2, 0.25) is 0 Å². The molecule has 8 heteroatoms. The molecule has 3 N–H and O–H groups in total. The van der Waals surface area contributed by atoms with Crippen LogP contribution in [0.5, 0.6) is 0 Å². The highest BCUT2D eigenvalue weighted by molar-refractivity contribution is 5.95. The lowest BCUT2D eigenvalue weighted by Gasteiger charge is -2.26. The summed E-state index contributed by atoms with van der Waals surface area (Å²) in [4.78, 5) is 21.6. The number of nitrogens with two attached hydrogens (primary N) is 1. The van der Waals surface area contributed by atoms with Gasteiger partial charge in [-0.25, -0.2) is 4.39 Å². The number of nitrogens with zero attached hydrogens (tertiary/aromatic N) is 1. The molecule has 2 rings (SSSR count). The summed E-state index contributed by atoms with van der Waals surface area (Å²) in [6.07, 6.45) is 2.66. The Morgan fingerprint density at radius 2 is 1.90 bits per heavy atom. The number of benzene rings is 1. The Morgan fingerprint density at radius 1 is 1.29 bits per heavy atom. The maximum absolute atomic E-state index is 13.9. The van der Waals surface area contributed by atoms with E-state index in [2.05, 4.69) is 5.32 Å². The van der Waals surface area contributed by atoms with Gasteiger partial charge in [-0.2, -0.15) is 4.39 Å². The molecule has 0 spiro atoms. The number of hydrogen-bond donors (Lipinski definition) is 2. The molecule has 1 fully saturated rings. The van der Waals surface area contributed by atoms with Crippen LogP contribution in [0.1, 0.15) is 36.0 Å². The zero-order valence-electron chi connectivity index (χ0n) is 11.1. The number of nitro benzene ring substituents is 1.